The van der Waals surface area contributed by atoms with Crippen LogP contribution < -0.4 is 14.8 Å². The van der Waals surface area contributed by atoms with E-state index in [2.05, 4.69) is 5.32 Å². The van der Waals surface area contributed by atoms with Crippen molar-refractivity contribution in [2.75, 3.05) is 32.1 Å². The van der Waals surface area contributed by atoms with Gasteiger partial charge in [-0.3, -0.25) is 9.59 Å². The highest BCUT2D eigenvalue weighted by molar-refractivity contribution is 6.30. The van der Waals surface area contributed by atoms with Crippen molar-refractivity contribution in [3.05, 3.63) is 53.6 Å². The van der Waals surface area contributed by atoms with E-state index in [0.717, 1.165) is 0 Å². The smallest absolute Gasteiger partial charge is 0.243 e. The molecule has 1 N–H and O–H groups in total. The minimum atomic E-state index is -0.264. The van der Waals surface area contributed by atoms with Crippen LogP contribution in [0.4, 0.5) is 5.69 Å². The SMILES string of the molecule is CCOc1ccccc1OCCCC(=O)N(C)CC(=O)Nc1ccc(Cl)cc1. The molecule has 2 rings (SSSR count). The Morgan fingerprint density at radius 1 is 1.04 bits per heavy atom. The fourth-order valence-corrected chi connectivity index (χ4v) is 2.60. The third kappa shape index (κ3) is 7.12. The van der Waals surface area contributed by atoms with Crippen LogP contribution in [0.1, 0.15) is 19.8 Å². The lowest BCUT2D eigenvalue weighted by molar-refractivity contribution is -0.133. The molecule has 150 valence electrons. The number of rotatable bonds is 10. The maximum absolute atomic E-state index is 12.2. The summed E-state index contributed by atoms with van der Waals surface area (Å²) in [5.74, 6) is 0.966. The van der Waals surface area contributed by atoms with E-state index in [1.807, 2.05) is 31.2 Å². The normalized spacial score (nSPS) is 10.2. The number of nitrogens with one attached hydrogen (secondary N) is 1. The first kappa shape index (κ1) is 21.6. The van der Waals surface area contributed by atoms with Crippen molar-refractivity contribution in [3.8, 4) is 11.5 Å². The van der Waals surface area contributed by atoms with Crippen LogP contribution in [0.2, 0.25) is 5.02 Å². The van der Waals surface area contributed by atoms with Gasteiger partial charge < -0.3 is 19.7 Å². The highest BCUT2D eigenvalue weighted by Gasteiger charge is 2.13. The van der Waals surface area contributed by atoms with Gasteiger partial charge in [0.15, 0.2) is 11.5 Å². The number of para-hydroxylation sites is 2. The Morgan fingerprint density at radius 3 is 2.32 bits per heavy atom. The summed E-state index contributed by atoms with van der Waals surface area (Å²) in [6.07, 6.45) is 0.837. The monoisotopic (exact) mass is 404 g/mol. The Labute approximate surface area is 170 Å². The lowest BCUT2D eigenvalue weighted by Gasteiger charge is -2.17. The highest BCUT2D eigenvalue weighted by Crippen LogP contribution is 2.26. The van der Waals surface area contributed by atoms with Crippen molar-refractivity contribution in [3.63, 3.8) is 0 Å². The standard InChI is InChI=1S/C21H25ClN2O4/c1-3-27-18-7-4-5-8-19(18)28-14-6-9-21(26)24(2)15-20(25)23-17-12-10-16(22)11-13-17/h4-5,7-8,10-13H,3,6,9,14-15H2,1-2H3,(H,23,25). The van der Waals surface area contributed by atoms with Gasteiger partial charge in [0.25, 0.3) is 0 Å². The fraction of sp³-hybridized carbons (Fsp3) is 0.333. The van der Waals surface area contributed by atoms with Crippen LogP contribution in [0.25, 0.3) is 0 Å². The zero-order valence-electron chi connectivity index (χ0n) is 16.1. The molecule has 0 aromatic heterocycles. The number of halogens is 1. The molecule has 0 saturated heterocycles. The fourth-order valence-electron chi connectivity index (χ4n) is 2.48. The van der Waals surface area contributed by atoms with Crippen LogP contribution in [0.5, 0.6) is 11.5 Å². The topological polar surface area (TPSA) is 67.9 Å². The molecule has 28 heavy (non-hydrogen) atoms. The number of carbonyl (C=O) groups excluding carboxylic acids is 2. The van der Waals surface area contributed by atoms with E-state index in [1.54, 1.807) is 31.3 Å². The van der Waals surface area contributed by atoms with E-state index in [1.165, 1.54) is 4.90 Å². The second-order valence-corrected chi connectivity index (χ2v) is 6.57. The van der Waals surface area contributed by atoms with Crippen LogP contribution in [0.3, 0.4) is 0 Å². The number of amides is 2. The molecule has 0 atom stereocenters. The number of benzene rings is 2. The van der Waals surface area contributed by atoms with E-state index in [0.29, 0.717) is 48.3 Å². The molecule has 2 aromatic carbocycles. The van der Waals surface area contributed by atoms with E-state index in [9.17, 15) is 9.59 Å². The zero-order chi connectivity index (χ0) is 20.4. The molecule has 0 aliphatic rings. The minimum Gasteiger partial charge on any atom is -0.490 e. The van der Waals surface area contributed by atoms with Crippen LogP contribution >= 0.6 is 11.6 Å². The lowest BCUT2D eigenvalue weighted by Crippen LogP contribution is -2.34. The third-order valence-corrected chi connectivity index (χ3v) is 4.13. The molecule has 0 aliphatic carbocycles. The average Bonchev–Trinajstić information content (AvgIpc) is 2.68. The maximum atomic E-state index is 12.2. The van der Waals surface area contributed by atoms with Crippen molar-refractivity contribution < 1.29 is 19.1 Å². The quantitative estimate of drug-likeness (QED) is 0.608. The summed E-state index contributed by atoms with van der Waals surface area (Å²) in [6.45, 7) is 2.84. The van der Waals surface area contributed by atoms with Gasteiger partial charge in [-0.25, -0.2) is 0 Å². The summed E-state index contributed by atoms with van der Waals surface area (Å²) in [7, 11) is 1.61. The molecule has 6 nitrogen and oxygen atoms in total. The second kappa shape index (κ2) is 11.2. The van der Waals surface area contributed by atoms with Gasteiger partial charge in [0.05, 0.1) is 19.8 Å². The van der Waals surface area contributed by atoms with E-state index < -0.39 is 0 Å². The van der Waals surface area contributed by atoms with Gasteiger partial charge >= 0.3 is 0 Å². The van der Waals surface area contributed by atoms with Gasteiger partial charge in [-0.15, -0.1) is 0 Å². The predicted octanol–water partition coefficient (Wildman–Crippen LogP) is 3.99. The zero-order valence-corrected chi connectivity index (χ0v) is 16.9. The van der Waals surface area contributed by atoms with Gasteiger partial charge in [-0.1, -0.05) is 23.7 Å². The second-order valence-electron chi connectivity index (χ2n) is 6.14. The van der Waals surface area contributed by atoms with E-state index in [4.69, 9.17) is 21.1 Å². The van der Waals surface area contributed by atoms with Crippen LogP contribution in [-0.2, 0) is 9.59 Å². The molecule has 2 amide bonds. The molecule has 7 heteroatoms. The van der Waals surface area contributed by atoms with Gasteiger partial charge in [-0.2, -0.15) is 0 Å². The predicted molar refractivity (Wildman–Crippen MR) is 110 cm³/mol. The summed E-state index contributed by atoms with van der Waals surface area (Å²) in [6, 6.07) is 14.2. The number of hydrogen-bond donors (Lipinski definition) is 1. The van der Waals surface area contributed by atoms with E-state index >= 15 is 0 Å². The first-order valence-corrected chi connectivity index (χ1v) is 9.51. The molecule has 0 unspecified atom stereocenters. The summed E-state index contributed by atoms with van der Waals surface area (Å²) in [4.78, 5) is 25.7. The Hall–Kier alpha value is -2.73. The molecule has 0 saturated carbocycles. The molecule has 0 bridgehead atoms. The third-order valence-electron chi connectivity index (χ3n) is 3.88. The van der Waals surface area contributed by atoms with Gasteiger partial charge in [0, 0.05) is 24.2 Å². The Balaban J connectivity index is 1.70. The summed E-state index contributed by atoms with van der Waals surface area (Å²) in [5.41, 5.74) is 0.636. The largest absolute Gasteiger partial charge is 0.490 e. The van der Waals surface area contributed by atoms with Gasteiger partial charge in [-0.05, 0) is 49.7 Å². The first-order valence-electron chi connectivity index (χ1n) is 9.13. The average molecular weight is 405 g/mol. The van der Waals surface area contributed by atoms with E-state index in [-0.39, 0.29) is 18.4 Å². The lowest BCUT2D eigenvalue weighted by atomic mass is 10.2. The number of nitrogens with zero attached hydrogens (tertiary/aromatic N) is 1. The van der Waals surface area contributed by atoms with Crippen molar-refractivity contribution in [2.45, 2.75) is 19.8 Å². The number of hydrogen-bond acceptors (Lipinski definition) is 4. The Kier molecular flexibility index (Phi) is 8.62. The maximum Gasteiger partial charge on any atom is 0.243 e. The van der Waals surface area contributed by atoms with Crippen LogP contribution in [0, 0.1) is 0 Å². The number of likely N-dealkylation sites (N-methyl/N-ethyl adjacent to an activating group) is 1. The molecule has 0 aliphatic heterocycles. The number of anilines is 1. The van der Waals surface area contributed by atoms with Crippen molar-refractivity contribution >= 4 is 29.1 Å². The first-order chi connectivity index (χ1) is 13.5. The summed E-state index contributed by atoms with van der Waals surface area (Å²) >= 11 is 5.82. The molecule has 0 heterocycles. The Morgan fingerprint density at radius 2 is 1.68 bits per heavy atom. The van der Waals surface area contributed by atoms with Crippen molar-refractivity contribution in [1.29, 1.82) is 0 Å². The molecule has 0 radical (unpaired) electrons. The molecule has 0 fully saturated rings. The van der Waals surface area contributed by atoms with Crippen LogP contribution in [-0.4, -0.2) is 43.5 Å². The summed E-state index contributed by atoms with van der Waals surface area (Å²) < 4.78 is 11.2. The molecular formula is C21H25ClN2O4. The number of carbonyl (C=O) groups is 2. The molecule has 0 spiro atoms. The Bertz CT molecular complexity index is 780. The number of ether oxygens (including phenoxy) is 2. The molecule has 2 aromatic rings. The van der Waals surface area contributed by atoms with Crippen molar-refractivity contribution in [2.24, 2.45) is 0 Å². The highest BCUT2D eigenvalue weighted by atomic mass is 35.5. The van der Waals surface area contributed by atoms with Gasteiger partial charge in [0.2, 0.25) is 11.8 Å². The van der Waals surface area contributed by atoms with Crippen LogP contribution in [0.15, 0.2) is 48.5 Å². The summed E-state index contributed by atoms with van der Waals surface area (Å²) in [5, 5.41) is 3.33. The van der Waals surface area contributed by atoms with Gasteiger partial charge in [0.1, 0.15) is 0 Å². The molecular weight excluding hydrogens is 380 g/mol. The minimum absolute atomic E-state index is 0.0184. The van der Waals surface area contributed by atoms with Crippen molar-refractivity contribution in [1.82, 2.24) is 4.90 Å².